The predicted octanol–water partition coefficient (Wildman–Crippen LogP) is 4.73. The summed E-state index contributed by atoms with van der Waals surface area (Å²) < 4.78 is 26.9. The smallest absolute Gasteiger partial charge is 0.307 e. The van der Waals surface area contributed by atoms with Gasteiger partial charge >= 0.3 is 6.03 Å². The number of benzene rings is 2. The van der Waals surface area contributed by atoms with E-state index >= 15 is 0 Å². The lowest BCUT2D eigenvalue weighted by molar-refractivity contribution is 0.262. The summed E-state index contributed by atoms with van der Waals surface area (Å²) in [6.45, 7) is 3.99. The van der Waals surface area contributed by atoms with Crippen LogP contribution in [-0.2, 0) is 0 Å². The van der Waals surface area contributed by atoms with Crippen LogP contribution >= 0.6 is 0 Å². The maximum atomic E-state index is 13.5. The number of carbonyl (C=O) groups is 1. The number of rotatable bonds is 3. The molecule has 0 aliphatic carbocycles. The second kappa shape index (κ2) is 6.35. The number of hydrogen-bond acceptors (Lipinski definition) is 1. The van der Waals surface area contributed by atoms with E-state index < -0.39 is 23.4 Å². The van der Waals surface area contributed by atoms with Crippen LogP contribution in [0.25, 0.3) is 0 Å². The molecule has 2 N–H and O–H groups in total. The van der Waals surface area contributed by atoms with Gasteiger partial charge in [-0.25, -0.2) is 13.6 Å². The summed E-state index contributed by atoms with van der Waals surface area (Å²) in [6.07, 6.45) is 0. The number of anilines is 2. The topological polar surface area (TPSA) is 41.1 Å². The Morgan fingerprint density at radius 1 is 0.952 bits per heavy atom. The Bertz CT molecular complexity index is 636. The maximum Gasteiger partial charge on any atom is 0.323 e. The van der Waals surface area contributed by atoms with Gasteiger partial charge in [0, 0.05) is 5.69 Å². The first kappa shape index (κ1) is 15.0. The van der Waals surface area contributed by atoms with Crippen LogP contribution in [0.15, 0.2) is 42.5 Å². The second-order valence-electron chi connectivity index (χ2n) is 4.92. The van der Waals surface area contributed by atoms with Crippen LogP contribution in [0.2, 0.25) is 0 Å². The molecule has 0 saturated heterocycles. The van der Waals surface area contributed by atoms with E-state index in [4.69, 9.17) is 0 Å². The van der Waals surface area contributed by atoms with Crippen LogP contribution < -0.4 is 10.6 Å². The fourth-order valence-corrected chi connectivity index (χ4v) is 2.00. The molecule has 0 bridgehead atoms. The number of hydrogen-bond donors (Lipinski definition) is 2. The average Bonchev–Trinajstić information content (AvgIpc) is 2.43. The third kappa shape index (κ3) is 3.56. The molecule has 2 aromatic rings. The number of amides is 2. The van der Waals surface area contributed by atoms with E-state index in [2.05, 4.69) is 10.6 Å². The van der Waals surface area contributed by atoms with Gasteiger partial charge in [-0.1, -0.05) is 38.1 Å². The highest BCUT2D eigenvalue weighted by molar-refractivity contribution is 6.00. The van der Waals surface area contributed by atoms with Gasteiger partial charge in [-0.3, -0.25) is 0 Å². The van der Waals surface area contributed by atoms with Crippen molar-refractivity contribution in [2.75, 3.05) is 10.6 Å². The number of halogens is 2. The number of nitrogens with one attached hydrogen (secondary N) is 2. The average molecular weight is 290 g/mol. The fourth-order valence-electron chi connectivity index (χ4n) is 2.00. The molecule has 2 rings (SSSR count). The van der Waals surface area contributed by atoms with E-state index in [1.54, 1.807) is 12.1 Å². The molecule has 0 spiro atoms. The minimum atomic E-state index is -0.817. The first-order chi connectivity index (χ1) is 9.99. The molecule has 0 radical (unpaired) electrons. The number of para-hydroxylation sites is 2. The summed E-state index contributed by atoms with van der Waals surface area (Å²) >= 11 is 0. The second-order valence-corrected chi connectivity index (χ2v) is 4.92. The summed E-state index contributed by atoms with van der Waals surface area (Å²) in [5.74, 6) is -1.42. The van der Waals surface area contributed by atoms with Crippen molar-refractivity contribution in [3.8, 4) is 0 Å². The molecular weight excluding hydrogens is 274 g/mol. The van der Waals surface area contributed by atoms with Crippen LogP contribution in [0.5, 0.6) is 0 Å². The van der Waals surface area contributed by atoms with Crippen LogP contribution in [0.4, 0.5) is 25.0 Å². The van der Waals surface area contributed by atoms with Gasteiger partial charge in [-0.05, 0) is 29.7 Å². The quantitative estimate of drug-likeness (QED) is 0.842. The van der Waals surface area contributed by atoms with E-state index in [-0.39, 0.29) is 5.92 Å². The Balaban J connectivity index is 2.16. The summed E-state index contributed by atoms with van der Waals surface area (Å²) in [7, 11) is 0. The fraction of sp³-hybridized carbons (Fsp3) is 0.188. The van der Waals surface area contributed by atoms with Crippen molar-refractivity contribution >= 4 is 17.4 Å². The first-order valence-corrected chi connectivity index (χ1v) is 6.60. The number of carbonyl (C=O) groups excluding carboxylic acids is 1. The zero-order valence-electron chi connectivity index (χ0n) is 11.8. The van der Waals surface area contributed by atoms with Crippen molar-refractivity contribution in [2.24, 2.45) is 0 Å². The van der Waals surface area contributed by atoms with Crippen LogP contribution in [0.3, 0.4) is 0 Å². The SMILES string of the molecule is CC(C)c1ccccc1NC(=O)Nc1c(F)cccc1F. The summed E-state index contributed by atoms with van der Waals surface area (Å²) in [6, 6.07) is 10.0. The largest absolute Gasteiger partial charge is 0.323 e. The molecule has 2 amide bonds. The Labute approximate surface area is 122 Å². The molecule has 110 valence electrons. The lowest BCUT2D eigenvalue weighted by Crippen LogP contribution is -2.21. The van der Waals surface area contributed by atoms with Crippen LogP contribution in [-0.4, -0.2) is 6.03 Å². The zero-order valence-corrected chi connectivity index (χ0v) is 11.8. The van der Waals surface area contributed by atoms with Crippen LogP contribution in [0.1, 0.15) is 25.3 Å². The van der Waals surface area contributed by atoms with Gasteiger partial charge in [0.1, 0.15) is 17.3 Å². The van der Waals surface area contributed by atoms with Crippen molar-refractivity contribution in [3.63, 3.8) is 0 Å². The standard InChI is InChI=1S/C16H16F2N2O/c1-10(2)11-6-3-4-9-14(11)19-16(21)20-15-12(17)7-5-8-13(15)18/h3-10H,1-2H3,(H2,19,20,21). The Hall–Kier alpha value is -2.43. The zero-order chi connectivity index (χ0) is 15.4. The molecule has 0 aromatic heterocycles. The van der Waals surface area contributed by atoms with Crippen molar-refractivity contribution < 1.29 is 13.6 Å². The van der Waals surface area contributed by atoms with E-state index in [0.717, 1.165) is 17.7 Å². The van der Waals surface area contributed by atoms with Gasteiger partial charge in [0.05, 0.1) is 0 Å². The molecule has 0 aliphatic heterocycles. The summed E-state index contributed by atoms with van der Waals surface area (Å²) in [4.78, 5) is 11.9. The monoisotopic (exact) mass is 290 g/mol. The van der Waals surface area contributed by atoms with Gasteiger partial charge in [0.2, 0.25) is 0 Å². The molecule has 0 atom stereocenters. The minimum absolute atomic E-state index is 0.215. The highest BCUT2D eigenvalue weighted by Gasteiger charge is 2.13. The molecule has 21 heavy (non-hydrogen) atoms. The number of urea groups is 1. The van der Waals surface area contributed by atoms with E-state index in [9.17, 15) is 13.6 Å². The summed E-state index contributed by atoms with van der Waals surface area (Å²) in [5, 5.41) is 4.80. The summed E-state index contributed by atoms with van der Waals surface area (Å²) in [5.41, 5.74) is 1.10. The van der Waals surface area contributed by atoms with Crippen molar-refractivity contribution in [1.29, 1.82) is 0 Å². The van der Waals surface area contributed by atoms with Crippen molar-refractivity contribution in [3.05, 3.63) is 59.7 Å². The van der Waals surface area contributed by atoms with Gasteiger partial charge in [0.15, 0.2) is 0 Å². The highest BCUT2D eigenvalue weighted by Crippen LogP contribution is 2.24. The highest BCUT2D eigenvalue weighted by atomic mass is 19.1. The molecule has 0 aliphatic rings. The first-order valence-electron chi connectivity index (χ1n) is 6.60. The molecule has 2 aromatic carbocycles. The third-order valence-corrected chi connectivity index (χ3v) is 3.03. The van der Waals surface area contributed by atoms with Crippen molar-refractivity contribution in [2.45, 2.75) is 19.8 Å². The normalized spacial score (nSPS) is 10.5. The van der Waals surface area contributed by atoms with Gasteiger partial charge < -0.3 is 10.6 Å². The minimum Gasteiger partial charge on any atom is -0.307 e. The molecule has 0 fully saturated rings. The third-order valence-electron chi connectivity index (χ3n) is 3.03. The Morgan fingerprint density at radius 2 is 1.57 bits per heavy atom. The lowest BCUT2D eigenvalue weighted by Gasteiger charge is -2.14. The predicted molar refractivity (Wildman–Crippen MR) is 79.5 cm³/mol. The Kier molecular flexibility index (Phi) is 4.52. The van der Waals surface area contributed by atoms with E-state index in [0.29, 0.717) is 5.69 Å². The molecular formula is C16H16F2N2O. The lowest BCUT2D eigenvalue weighted by atomic mass is 10.0. The van der Waals surface area contributed by atoms with Crippen LogP contribution in [0, 0.1) is 11.6 Å². The Morgan fingerprint density at radius 3 is 2.19 bits per heavy atom. The molecule has 5 heteroatoms. The maximum absolute atomic E-state index is 13.5. The van der Waals surface area contributed by atoms with Gasteiger partial charge in [-0.15, -0.1) is 0 Å². The van der Waals surface area contributed by atoms with E-state index in [1.165, 1.54) is 6.07 Å². The van der Waals surface area contributed by atoms with Crippen molar-refractivity contribution in [1.82, 2.24) is 0 Å². The molecule has 0 unspecified atom stereocenters. The van der Waals surface area contributed by atoms with Gasteiger partial charge in [-0.2, -0.15) is 0 Å². The van der Waals surface area contributed by atoms with E-state index in [1.807, 2.05) is 26.0 Å². The van der Waals surface area contributed by atoms with Gasteiger partial charge in [0.25, 0.3) is 0 Å². The molecule has 3 nitrogen and oxygen atoms in total. The molecule has 0 saturated carbocycles. The molecule has 0 heterocycles.